The Balaban J connectivity index is 0.000000213. The minimum Gasteiger partial charge on any atom is -0.481 e. The summed E-state index contributed by atoms with van der Waals surface area (Å²) in [6.07, 6.45) is 19.6. The molecule has 72 heavy (non-hydrogen) atoms. The number of hydrogen-bond acceptors (Lipinski definition) is 13. The van der Waals surface area contributed by atoms with Crippen LogP contribution in [0.2, 0.25) is 0 Å². The van der Waals surface area contributed by atoms with Crippen molar-refractivity contribution in [1.82, 2.24) is 65.9 Å². The molecule has 20 heteroatoms. The van der Waals surface area contributed by atoms with Gasteiger partial charge in [-0.2, -0.15) is 5.10 Å². The number of carbonyl (C=O) groups is 4. The van der Waals surface area contributed by atoms with Crippen LogP contribution in [-0.4, -0.2) is 89.5 Å². The van der Waals surface area contributed by atoms with Gasteiger partial charge in [-0.15, -0.1) is 22.7 Å². The molecule has 6 N–H and O–H groups in total. The van der Waals surface area contributed by atoms with Crippen LogP contribution >= 0.6 is 22.7 Å². The smallest absolute Gasteiger partial charge is 0.263 e. The third kappa shape index (κ3) is 14.5. The van der Waals surface area contributed by atoms with Crippen LogP contribution in [0, 0.1) is 0 Å². The van der Waals surface area contributed by atoms with Crippen LogP contribution in [0.3, 0.4) is 0 Å². The number of rotatable bonds is 23. The summed E-state index contributed by atoms with van der Waals surface area (Å²) < 4.78 is 6.98. The quantitative estimate of drug-likeness (QED) is 0.0330. The molecule has 2 aromatic carbocycles. The average Bonchev–Trinajstić information content (AvgIpc) is 4.28. The van der Waals surface area contributed by atoms with E-state index in [9.17, 15) is 19.2 Å². The Morgan fingerprint density at radius 3 is 1.86 bits per heavy atom. The van der Waals surface area contributed by atoms with Gasteiger partial charge in [-0.25, -0.2) is 19.9 Å². The molecule has 0 saturated heterocycles. The number of carbonyl (C=O) groups excluding carboxylic acids is 4. The highest BCUT2D eigenvalue weighted by molar-refractivity contribution is 7.13. The van der Waals surface area contributed by atoms with E-state index >= 15 is 0 Å². The number of imidazole rings is 2. The summed E-state index contributed by atoms with van der Waals surface area (Å²) in [4.78, 5) is 78.0. The highest BCUT2D eigenvalue weighted by Gasteiger charge is 2.22. The Morgan fingerprint density at radius 1 is 0.667 bits per heavy atom. The lowest BCUT2D eigenvalue weighted by atomic mass is 10.1. The van der Waals surface area contributed by atoms with Crippen molar-refractivity contribution >= 4 is 57.1 Å². The number of nitrogens with zero attached hydrogens (tertiary/aromatic N) is 7. The van der Waals surface area contributed by atoms with Crippen LogP contribution in [0.15, 0.2) is 103 Å². The van der Waals surface area contributed by atoms with Gasteiger partial charge in [-0.1, -0.05) is 62.1 Å². The van der Waals surface area contributed by atoms with E-state index in [1.807, 2.05) is 67.8 Å². The Morgan fingerprint density at radius 2 is 1.29 bits per heavy atom. The summed E-state index contributed by atoms with van der Waals surface area (Å²) in [6.45, 7) is 4.03. The second-order valence-electron chi connectivity index (χ2n) is 17.3. The monoisotopic (exact) mass is 1010 g/mol. The maximum Gasteiger partial charge on any atom is 0.263 e. The Hall–Kier alpha value is -7.58. The number of thiazole rings is 2. The molecule has 0 bridgehead atoms. The maximum absolute atomic E-state index is 13.1. The highest BCUT2D eigenvalue weighted by Crippen LogP contribution is 2.29. The molecule has 8 rings (SSSR count). The van der Waals surface area contributed by atoms with Crippen molar-refractivity contribution in [2.75, 3.05) is 21.2 Å². The van der Waals surface area contributed by atoms with Gasteiger partial charge < -0.3 is 36.0 Å². The summed E-state index contributed by atoms with van der Waals surface area (Å²) in [5.41, 5.74) is 6.94. The van der Waals surface area contributed by atoms with Crippen molar-refractivity contribution in [1.29, 1.82) is 0 Å². The molecule has 0 aliphatic rings. The van der Waals surface area contributed by atoms with E-state index in [0.29, 0.717) is 53.7 Å². The van der Waals surface area contributed by atoms with Crippen molar-refractivity contribution in [3.05, 3.63) is 125 Å². The van der Waals surface area contributed by atoms with E-state index in [4.69, 9.17) is 4.74 Å². The first kappa shape index (κ1) is 52.2. The number of aromatic nitrogens is 9. The van der Waals surface area contributed by atoms with Crippen LogP contribution < -0.4 is 26.0 Å². The Bertz CT molecular complexity index is 2980. The number of pyridine rings is 1. The first-order valence-corrected chi connectivity index (χ1v) is 25.8. The van der Waals surface area contributed by atoms with Gasteiger partial charge in [0.2, 0.25) is 17.7 Å². The second-order valence-corrected chi connectivity index (χ2v) is 19.1. The van der Waals surface area contributed by atoms with Crippen LogP contribution in [0.5, 0.6) is 5.88 Å². The zero-order chi connectivity index (χ0) is 50.8. The summed E-state index contributed by atoms with van der Waals surface area (Å²) >= 11 is 2.91. The summed E-state index contributed by atoms with van der Waals surface area (Å²) in [5, 5.41) is 20.8. The maximum atomic E-state index is 13.1. The average molecular weight is 1010 g/mol. The molecular formula is C52H61N13O5S2. The third-order valence-electron chi connectivity index (χ3n) is 12.0. The Labute approximate surface area is 426 Å². The van der Waals surface area contributed by atoms with Crippen LogP contribution in [-0.2, 0) is 9.59 Å². The van der Waals surface area contributed by atoms with Gasteiger partial charge in [0.05, 0.1) is 66.4 Å². The lowest BCUT2D eigenvalue weighted by Gasteiger charge is -2.16. The van der Waals surface area contributed by atoms with Crippen molar-refractivity contribution in [3.63, 3.8) is 0 Å². The van der Waals surface area contributed by atoms with Gasteiger partial charge in [0.15, 0.2) is 0 Å². The third-order valence-corrected chi connectivity index (χ3v) is 13.5. The fourth-order valence-electron chi connectivity index (χ4n) is 7.84. The normalized spacial score (nSPS) is 11.9. The molecule has 18 nitrogen and oxygen atoms in total. The molecule has 0 aliphatic heterocycles. The molecule has 0 radical (unpaired) electrons. The molecular weight excluding hydrogens is 951 g/mol. The fourth-order valence-corrected chi connectivity index (χ4v) is 9.01. The van der Waals surface area contributed by atoms with Gasteiger partial charge in [0, 0.05) is 79.5 Å². The second kappa shape index (κ2) is 26.0. The molecule has 0 unspecified atom stereocenters. The largest absolute Gasteiger partial charge is 0.481 e. The van der Waals surface area contributed by atoms with Crippen LogP contribution in [0.1, 0.15) is 128 Å². The van der Waals surface area contributed by atoms with E-state index in [2.05, 4.69) is 61.3 Å². The molecule has 6 heterocycles. The molecule has 0 spiro atoms. The van der Waals surface area contributed by atoms with Gasteiger partial charge >= 0.3 is 0 Å². The zero-order valence-corrected chi connectivity index (χ0v) is 42.7. The molecule has 376 valence electrons. The summed E-state index contributed by atoms with van der Waals surface area (Å²) in [6, 6.07) is 15.7. The minimum atomic E-state index is -0.315. The summed E-state index contributed by atoms with van der Waals surface area (Å²) in [5.74, 6) is 1.69. The van der Waals surface area contributed by atoms with E-state index in [0.717, 1.165) is 82.4 Å². The molecule has 0 aliphatic carbocycles. The van der Waals surface area contributed by atoms with Gasteiger partial charge in [0.1, 0.15) is 21.5 Å². The SMILES string of the molecule is CNC(=O)CCCCC[C@H](NC(=O)c1cncs1)c1ncc(-c2ccc(-c3nccs3)cc2)[nH]1.CNC(=O)CCCCC[C@H](NC(=O)c1cnn(C(C)C)c1)c1ncc(-c2ccc3cc(OC)ncc3c2)[nH]1. The van der Waals surface area contributed by atoms with E-state index in [1.165, 1.54) is 11.3 Å². The molecule has 8 aromatic rings. The first-order valence-electron chi connectivity index (χ1n) is 24.0. The zero-order valence-electron chi connectivity index (χ0n) is 41.1. The number of fused-ring (bicyclic) bond motifs is 1. The number of amides is 4. The highest BCUT2D eigenvalue weighted by atomic mass is 32.1. The predicted octanol–water partition coefficient (Wildman–Crippen LogP) is 9.40. The predicted molar refractivity (Wildman–Crippen MR) is 280 cm³/mol. The minimum absolute atomic E-state index is 0.0386. The topological polar surface area (TPSA) is 239 Å². The summed E-state index contributed by atoms with van der Waals surface area (Å²) in [7, 11) is 4.89. The van der Waals surface area contributed by atoms with Crippen molar-refractivity contribution in [2.45, 2.75) is 96.2 Å². The van der Waals surface area contributed by atoms with Crippen LogP contribution in [0.25, 0.3) is 43.9 Å². The Kier molecular flexibility index (Phi) is 18.9. The van der Waals surface area contributed by atoms with E-state index < -0.39 is 0 Å². The molecule has 2 atom stereocenters. The van der Waals surface area contributed by atoms with Gasteiger partial charge in [-0.05, 0) is 56.5 Å². The first-order chi connectivity index (χ1) is 35.0. The number of methoxy groups -OCH3 is 1. The molecule has 4 amide bonds. The fraction of sp³-hybridized carbons (Fsp3) is 0.346. The van der Waals surface area contributed by atoms with Gasteiger partial charge in [-0.3, -0.25) is 28.8 Å². The van der Waals surface area contributed by atoms with E-state index in [1.54, 1.807) is 86.1 Å². The number of H-pyrrole nitrogens is 2. The standard InChI is InChI=1S/C28H35N7O3.C24H26N6O2S2/c1-18(2)35-17-22(15-32-35)28(37)34-23(8-6-5-7-9-25(36)29-3)27-31-16-24(33-27)20-11-10-19-13-26(38-4)30-14-21(19)12-20;1-25-21(31)6-4-2-3-5-18(30-23(32)20-14-26-15-34-20)22-28-13-19(29-22)16-7-9-17(10-8-16)24-27-11-12-33-24/h10-18,23H,5-9H2,1-4H3,(H,29,36)(H,31,33)(H,34,37);7-15,18H,2-6H2,1H3,(H,25,31)(H,28,29)(H,30,32)/t23-;18-/m00/s1. The molecule has 0 fully saturated rings. The van der Waals surface area contributed by atoms with Gasteiger partial charge in [0.25, 0.3) is 11.8 Å². The molecule has 0 saturated carbocycles. The van der Waals surface area contributed by atoms with Crippen molar-refractivity contribution < 1.29 is 23.9 Å². The number of benzene rings is 2. The van der Waals surface area contributed by atoms with Crippen molar-refractivity contribution in [2.24, 2.45) is 0 Å². The molecule has 6 aromatic heterocycles. The van der Waals surface area contributed by atoms with Crippen LogP contribution in [0.4, 0.5) is 0 Å². The van der Waals surface area contributed by atoms with E-state index in [-0.39, 0.29) is 41.8 Å². The number of hydrogen-bond donors (Lipinski definition) is 6. The number of aromatic amines is 2. The lowest BCUT2D eigenvalue weighted by molar-refractivity contribution is -0.121. The number of unbranched alkanes of at least 4 members (excludes halogenated alkanes) is 4. The number of ether oxygens (including phenoxy) is 1. The lowest BCUT2D eigenvalue weighted by Crippen LogP contribution is -2.29. The number of nitrogens with one attached hydrogen (secondary N) is 6. The van der Waals surface area contributed by atoms with Crippen molar-refractivity contribution in [3.8, 4) is 39.0 Å².